The number of benzene rings is 1. The molecule has 1 N–H and O–H groups in total. The molecule has 0 saturated carbocycles. The molecule has 22 heavy (non-hydrogen) atoms. The van der Waals surface area contributed by atoms with Gasteiger partial charge < -0.3 is 19.2 Å². The van der Waals surface area contributed by atoms with Gasteiger partial charge in [0.1, 0.15) is 0 Å². The lowest BCUT2D eigenvalue weighted by atomic mass is 10.2. The molecule has 1 aromatic rings. The molecule has 0 atom stereocenters. The van der Waals surface area contributed by atoms with Crippen molar-refractivity contribution < 1.29 is 13.9 Å². The van der Waals surface area contributed by atoms with Gasteiger partial charge in [-0.2, -0.15) is 0 Å². The molecule has 5 heteroatoms. The molecule has 0 aromatic heterocycles. The van der Waals surface area contributed by atoms with Gasteiger partial charge in [0.25, 0.3) is 0 Å². The van der Waals surface area contributed by atoms with Crippen LogP contribution in [0.15, 0.2) is 18.2 Å². The summed E-state index contributed by atoms with van der Waals surface area (Å²) in [5, 5.41) is 3.71. The van der Waals surface area contributed by atoms with Crippen molar-refractivity contribution in [2.75, 3.05) is 25.3 Å². The summed E-state index contributed by atoms with van der Waals surface area (Å²) in [6, 6.07) is 5.97. The minimum atomic E-state index is -1.59. The van der Waals surface area contributed by atoms with E-state index in [4.69, 9.17) is 13.9 Å². The van der Waals surface area contributed by atoms with E-state index in [0.717, 1.165) is 43.2 Å². The Labute approximate surface area is 135 Å². The molecule has 4 nitrogen and oxygen atoms in total. The van der Waals surface area contributed by atoms with E-state index < -0.39 is 8.32 Å². The summed E-state index contributed by atoms with van der Waals surface area (Å²) in [6.45, 7) is 13.6. The molecule has 1 aliphatic rings. The standard InChI is InChI=1S/C17H29NO3Si/c1-17(2,3)22(4,5)21-11-7-6-10-18-14-8-9-15-16(12-14)20-13-19-15/h8-9,12,18H,6-7,10-11,13H2,1-5H3. The monoisotopic (exact) mass is 323 g/mol. The van der Waals surface area contributed by atoms with Crippen molar-refractivity contribution in [3.63, 3.8) is 0 Å². The number of unbranched alkanes of at least 4 members (excludes halogenated alkanes) is 1. The fraction of sp³-hybridized carbons (Fsp3) is 0.647. The lowest BCUT2D eigenvalue weighted by Gasteiger charge is -2.36. The number of nitrogens with one attached hydrogen (secondary N) is 1. The molecule has 0 bridgehead atoms. The third kappa shape index (κ3) is 4.40. The van der Waals surface area contributed by atoms with Gasteiger partial charge in [-0.15, -0.1) is 0 Å². The molecule has 0 spiro atoms. The van der Waals surface area contributed by atoms with Crippen LogP contribution < -0.4 is 14.8 Å². The van der Waals surface area contributed by atoms with Crippen LogP contribution in [0.2, 0.25) is 18.1 Å². The van der Waals surface area contributed by atoms with E-state index in [1.165, 1.54) is 0 Å². The molecule has 124 valence electrons. The fourth-order valence-corrected chi connectivity index (χ4v) is 3.10. The third-order valence-corrected chi connectivity index (χ3v) is 9.08. The zero-order valence-corrected chi connectivity index (χ0v) is 15.5. The first-order valence-electron chi connectivity index (χ1n) is 8.07. The SMILES string of the molecule is CC(C)(C)[Si](C)(C)OCCCCNc1ccc2c(c1)OCO2. The van der Waals surface area contributed by atoms with Crippen molar-refractivity contribution in [2.45, 2.75) is 51.7 Å². The molecule has 0 amide bonds. The molecule has 1 heterocycles. The van der Waals surface area contributed by atoms with Crippen molar-refractivity contribution in [1.82, 2.24) is 0 Å². The Kier molecular flexibility index (Phi) is 5.39. The van der Waals surface area contributed by atoms with E-state index in [0.29, 0.717) is 6.79 Å². The van der Waals surface area contributed by atoms with Crippen LogP contribution in [0.4, 0.5) is 5.69 Å². The zero-order valence-electron chi connectivity index (χ0n) is 14.5. The second-order valence-corrected chi connectivity index (χ2v) is 12.1. The van der Waals surface area contributed by atoms with E-state index >= 15 is 0 Å². The Morgan fingerprint density at radius 3 is 2.59 bits per heavy atom. The highest BCUT2D eigenvalue weighted by Crippen LogP contribution is 2.36. The van der Waals surface area contributed by atoms with Gasteiger partial charge in [-0.1, -0.05) is 20.8 Å². The summed E-state index contributed by atoms with van der Waals surface area (Å²) in [7, 11) is -1.59. The van der Waals surface area contributed by atoms with Crippen LogP contribution in [0, 0.1) is 0 Å². The van der Waals surface area contributed by atoms with Crippen LogP contribution in [0.25, 0.3) is 0 Å². The Hall–Kier alpha value is -1.20. The molecule has 0 radical (unpaired) electrons. The van der Waals surface area contributed by atoms with Crippen molar-refractivity contribution in [1.29, 1.82) is 0 Å². The van der Waals surface area contributed by atoms with Crippen molar-refractivity contribution in [3.05, 3.63) is 18.2 Å². The minimum Gasteiger partial charge on any atom is -0.454 e. The van der Waals surface area contributed by atoms with Gasteiger partial charge >= 0.3 is 0 Å². The second-order valence-electron chi connectivity index (χ2n) is 7.31. The number of fused-ring (bicyclic) bond motifs is 1. The summed E-state index contributed by atoms with van der Waals surface area (Å²) < 4.78 is 16.9. The highest BCUT2D eigenvalue weighted by atomic mass is 28.4. The number of hydrogen-bond donors (Lipinski definition) is 1. The van der Waals surface area contributed by atoms with E-state index in [9.17, 15) is 0 Å². The molecule has 1 aromatic carbocycles. The molecule has 0 saturated heterocycles. The smallest absolute Gasteiger partial charge is 0.231 e. The number of rotatable bonds is 7. The molecular formula is C17H29NO3Si. The average Bonchev–Trinajstić information content (AvgIpc) is 2.88. The first-order valence-corrected chi connectivity index (χ1v) is 11.0. The Balaban J connectivity index is 1.64. The first kappa shape index (κ1) is 17.2. The topological polar surface area (TPSA) is 39.7 Å². The number of ether oxygens (including phenoxy) is 2. The van der Waals surface area contributed by atoms with Crippen LogP contribution in [0.5, 0.6) is 11.5 Å². The molecule has 0 unspecified atom stereocenters. The first-order chi connectivity index (χ1) is 10.3. The zero-order chi connectivity index (χ0) is 16.2. The maximum Gasteiger partial charge on any atom is 0.231 e. The highest BCUT2D eigenvalue weighted by Gasteiger charge is 2.36. The van der Waals surface area contributed by atoms with E-state index in [2.05, 4.69) is 39.2 Å². The van der Waals surface area contributed by atoms with Gasteiger partial charge in [0.2, 0.25) is 6.79 Å². The van der Waals surface area contributed by atoms with Gasteiger partial charge in [0, 0.05) is 24.9 Å². The van der Waals surface area contributed by atoms with Crippen LogP contribution in [0.3, 0.4) is 0 Å². The largest absolute Gasteiger partial charge is 0.454 e. The van der Waals surface area contributed by atoms with Crippen molar-refractivity contribution in [2.24, 2.45) is 0 Å². The average molecular weight is 324 g/mol. The summed E-state index contributed by atoms with van der Waals surface area (Å²) in [6.07, 6.45) is 2.19. The Morgan fingerprint density at radius 2 is 1.86 bits per heavy atom. The van der Waals surface area contributed by atoms with Gasteiger partial charge in [-0.3, -0.25) is 0 Å². The van der Waals surface area contributed by atoms with E-state index in [1.807, 2.05) is 18.2 Å². The summed E-state index contributed by atoms with van der Waals surface area (Å²) in [4.78, 5) is 0. The summed E-state index contributed by atoms with van der Waals surface area (Å²) in [5.74, 6) is 1.65. The Morgan fingerprint density at radius 1 is 1.14 bits per heavy atom. The van der Waals surface area contributed by atoms with Crippen molar-refractivity contribution >= 4 is 14.0 Å². The quantitative estimate of drug-likeness (QED) is 0.586. The third-order valence-electron chi connectivity index (χ3n) is 4.54. The van der Waals surface area contributed by atoms with Crippen LogP contribution in [-0.2, 0) is 4.43 Å². The normalized spacial score (nSPS) is 14.2. The summed E-state index contributed by atoms with van der Waals surface area (Å²) in [5.41, 5.74) is 1.08. The predicted octanol–water partition coefficient (Wildman–Crippen LogP) is 4.63. The highest BCUT2D eigenvalue weighted by molar-refractivity contribution is 6.74. The molecule has 1 aliphatic heterocycles. The number of hydrogen-bond acceptors (Lipinski definition) is 4. The van der Waals surface area contributed by atoms with E-state index in [-0.39, 0.29) is 5.04 Å². The van der Waals surface area contributed by atoms with Crippen LogP contribution in [-0.4, -0.2) is 28.3 Å². The molecule has 0 fully saturated rings. The van der Waals surface area contributed by atoms with Crippen LogP contribution >= 0.6 is 0 Å². The molecular weight excluding hydrogens is 294 g/mol. The molecule has 0 aliphatic carbocycles. The van der Waals surface area contributed by atoms with Gasteiger partial charge in [-0.25, -0.2) is 0 Å². The lowest BCUT2D eigenvalue weighted by molar-refractivity contribution is 0.174. The van der Waals surface area contributed by atoms with Crippen LogP contribution in [0.1, 0.15) is 33.6 Å². The maximum absolute atomic E-state index is 6.18. The second kappa shape index (κ2) is 6.92. The summed E-state index contributed by atoms with van der Waals surface area (Å²) >= 11 is 0. The number of anilines is 1. The minimum absolute atomic E-state index is 0.289. The maximum atomic E-state index is 6.18. The van der Waals surface area contributed by atoms with Crippen molar-refractivity contribution in [3.8, 4) is 11.5 Å². The fourth-order valence-electron chi connectivity index (χ4n) is 2.01. The van der Waals surface area contributed by atoms with E-state index in [1.54, 1.807) is 0 Å². The van der Waals surface area contributed by atoms with Gasteiger partial charge in [0.15, 0.2) is 19.8 Å². The van der Waals surface area contributed by atoms with Gasteiger partial charge in [-0.05, 0) is 43.1 Å². The van der Waals surface area contributed by atoms with Gasteiger partial charge in [0.05, 0.1) is 0 Å². The Bertz CT molecular complexity index is 497. The lowest BCUT2D eigenvalue weighted by Crippen LogP contribution is -2.41. The predicted molar refractivity (Wildman–Crippen MR) is 93.4 cm³/mol. The molecule has 2 rings (SSSR count).